The Bertz CT molecular complexity index is 1500. The smallest absolute Gasteiger partial charge is 0.335 e. The zero-order valence-corrected chi connectivity index (χ0v) is 20.8. The summed E-state index contributed by atoms with van der Waals surface area (Å²) in [5.41, 5.74) is 0.0578. The van der Waals surface area contributed by atoms with Gasteiger partial charge in [-0.1, -0.05) is 16.8 Å². The van der Waals surface area contributed by atoms with Crippen molar-refractivity contribution < 1.29 is 19.4 Å². The molecule has 0 bridgehead atoms. The van der Waals surface area contributed by atoms with Gasteiger partial charge in [-0.3, -0.25) is 9.59 Å². The van der Waals surface area contributed by atoms with Crippen LogP contribution in [0.25, 0.3) is 11.1 Å². The third kappa shape index (κ3) is 5.71. The summed E-state index contributed by atoms with van der Waals surface area (Å²) < 4.78 is 6.29. The SMILES string of the molecule is [B]C([B])([B])C([B])([B])C(C(=O)Nc1ccc(C(=O)O)cc1)n1cc(OC)c(-c2cc(Cl)ccc2C#N)cc1=O. The van der Waals surface area contributed by atoms with Gasteiger partial charge in [0.25, 0.3) is 5.56 Å². The Morgan fingerprint density at radius 1 is 1.08 bits per heavy atom. The van der Waals surface area contributed by atoms with Crippen LogP contribution >= 0.6 is 11.6 Å². The van der Waals surface area contributed by atoms with Crippen LogP contribution in [0.5, 0.6) is 5.75 Å². The fraction of sp³-hybridized carbons (Fsp3) is 0.167. The standard InChI is InChI=1S/C24H15B5ClN3O5/c1-38-18-11-33(19(34)9-17(18)16-8-14(30)5-2-13(16)10-31)20(23(25,26)24(27,28)29)21(35)32-15-6-3-12(4-7-15)22(36)37/h2-9,11,20H,1H3,(H,32,35)(H,36,37). The van der Waals surface area contributed by atoms with Gasteiger partial charge in [-0.05, 0) is 42.5 Å². The van der Waals surface area contributed by atoms with E-state index in [1.165, 1.54) is 49.6 Å². The van der Waals surface area contributed by atoms with Gasteiger partial charge < -0.3 is 19.7 Å². The highest BCUT2D eigenvalue weighted by Gasteiger charge is 2.43. The second-order valence-electron chi connectivity index (χ2n) is 8.44. The number of aromatic carboxylic acids is 1. The van der Waals surface area contributed by atoms with Crippen LogP contribution < -0.4 is 15.6 Å². The molecule has 8 nitrogen and oxygen atoms in total. The molecule has 1 heterocycles. The van der Waals surface area contributed by atoms with Crippen molar-refractivity contribution in [3.05, 3.63) is 81.2 Å². The first-order valence-electron chi connectivity index (χ1n) is 10.8. The van der Waals surface area contributed by atoms with Crippen LogP contribution in [0, 0.1) is 11.3 Å². The van der Waals surface area contributed by atoms with E-state index in [-0.39, 0.29) is 28.1 Å². The minimum Gasteiger partial charge on any atom is -0.495 e. The van der Waals surface area contributed by atoms with Crippen molar-refractivity contribution in [3.8, 4) is 22.9 Å². The lowest BCUT2D eigenvalue weighted by molar-refractivity contribution is -0.119. The number of carboxylic acid groups (broad SMARTS) is 1. The molecule has 2 aromatic carbocycles. The molecular weight excluding hydrogens is 500 g/mol. The van der Waals surface area contributed by atoms with Crippen molar-refractivity contribution in [1.82, 2.24) is 4.57 Å². The van der Waals surface area contributed by atoms with Crippen LogP contribution in [0.2, 0.25) is 15.3 Å². The van der Waals surface area contributed by atoms with Gasteiger partial charge in [0.1, 0.15) is 11.8 Å². The quantitative estimate of drug-likeness (QED) is 0.443. The Kier molecular flexibility index (Phi) is 8.28. The molecule has 0 spiro atoms. The summed E-state index contributed by atoms with van der Waals surface area (Å²) in [5, 5.41) is 16.6. The Balaban J connectivity index is 2.18. The summed E-state index contributed by atoms with van der Waals surface area (Å²) in [7, 11) is 31.0. The normalized spacial score (nSPS) is 12.2. The second-order valence-corrected chi connectivity index (χ2v) is 8.88. The van der Waals surface area contributed by atoms with Crippen LogP contribution in [-0.2, 0) is 4.79 Å². The number of rotatable bonds is 8. The molecule has 1 amide bonds. The first-order valence-corrected chi connectivity index (χ1v) is 11.2. The number of pyridine rings is 1. The Morgan fingerprint density at radius 2 is 1.71 bits per heavy atom. The Labute approximate surface area is 230 Å². The number of nitriles is 1. The van der Waals surface area contributed by atoms with E-state index in [0.717, 1.165) is 16.8 Å². The largest absolute Gasteiger partial charge is 0.495 e. The topological polar surface area (TPSA) is 121 Å². The summed E-state index contributed by atoms with van der Waals surface area (Å²) >= 11 is 6.10. The number of anilines is 1. The van der Waals surface area contributed by atoms with Crippen molar-refractivity contribution in [1.29, 1.82) is 5.26 Å². The first-order chi connectivity index (χ1) is 17.7. The number of nitrogens with zero attached hydrogens (tertiary/aromatic N) is 2. The number of aromatic nitrogens is 1. The maximum atomic E-state index is 13.5. The van der Waals surface area contributed by atoms with Gasteiger partial charge in [0.2, 0.25) is 5.91 Å². The number of carbonyl (C=O) groups is 2. The number of carbonyl (C=O) groups excluding carboxylic acids is 1. The molecule has 0 aliphatic carbocycles. The van der Waals surface area contributed by atoms with Crippen molar-refractivity contribution in [2.75, 3.05) is 12.4 Å². The van der Waals surface area contributed by atoms with E-state index < -0.39 is 33.8 Å². The number of hydrogen-bond donors (Lipinski definition) is 2. The third-order valence-corrected chi connectivity index (χ3v) is 6.02. The number of carboxylic acids is 1. The van der Waals surface area contributed by atoms with Crippen molar-refractivity contribution in [3.63, 3.8) is 0 Å². The van der Waals surface area contributed by atoms with Gasteiger partial charge in [-0.2, -0.15) is 5.26 Å². The second kappa shape index (κ2) is 10.9. The fourth-order valence-electron chi connectivity index (χ4n) is 3.66. The Hall–Kier alpha value is -3.77. The van der Waals surface area contributed by atoms with Gasteiger partial charge in [-0.15, -0.1) is 5.11 Å². The molecule has 2 N–H and O–H groups in total. The summed E-state index contributed by atoms with van der Waals surface area (Å²) in [5.74, 6) is -2.05. The number of halogens is 1. The molecule has 14 heteroatoms. The van der Waals surface area contributed by atoms with Crippen molar-refractivity contribution in [2.24, 2.45) is 0 Å². The predicted octanol–water partition coefficient (Wildman–Crippen LogP) is 1.96. The number of ether oxygens (including phenoxy) is 1. The van der Waals surface area contributed by atoms with E-state index in [1.54, 1.807) is 0 Å². The molecule has 1 unspecified atom stereocenters. The molecule has 10 radical (unpaired) electrons. The average molecular weight is 515 g/mol. The minimum absolute atomic E-state index is 0.0225. The molecule has 0 saturated heterocycles. The van der Waals surface area contributed by atoms with Crippen LogP contribution in [0.15, 0.2) is 59.5 Å². The lowest BCUT2D eigenvalue weighted by Gasteiger charge is -2.47. The highest BCUT2D eigenvalue weighted by Crippen LogP contribution is 2.48. The van der Waals surface area contributed by atoms with E-state index >= 15 is 0 Å². The molecule has 0 aliphatic heterocycles. The highest BCUT2D eigenvalue weighted by molar-refractivity contribution is 6.67. The molecular formula is C24H15B5ClN3O5. The molecule has 0 aliphatic rings. The number of hydrogen-bond acceptors (Lipinski definition) is 5. The monoisotopic (exact) mass is 515 g/mol. The summed E-state index contributed by atoms with van der Waals surface area (Å²) in [4.78, 5) is 38.0. The summed E-state index contributed by atoms with van der Waals surface area (Å²) in [6.45, 7) is 0. The van der Waals surface area contributed by atoms with Gasteiger partial charge in [-0.25, -0.2) is 4.79 Å². The number of methoxy groups -OCH3 is 1. The lowest BCUT2D eigenvalue weighted by Crippen LogP contribution is -2.47. The highest BCUT2D eigenvalue weighted by atomic mass is 35.5. The van der Waals surface area contributed by atoms with Crippen LogP contribution in [0.1, 0.15) is 22.0 Å². The van der Waals surface area contributed by atoms with Crippen LogP contribution in [0.4, 0.5) is 5.69 Å². The molecule has 0 fully saturated rings. The van der Waals surface area contributed by atoms with Crippen molar-refractivity contribution >= 4 is 68.4 Å². The van der Waals surface area contributed by atoms with Crippen LogP contribution in [0.3, 0.4) is 0 Å². The van der Waals surface area contributed by atoms with E-state index in [1.807, 2.05) is 6.07 Å². The molecule has 178 valence electrons. The van der Waals surface area contributed by atoms with E-state index in [0.29, 0.717) is 10.6 Å². The zero-order chi connectivity index (χ0) is 28.4. The maximum Gasteiger partial charge on any atom is 0.335 e. The van der Waals surface area contributed by atoms with Gasteiger partial charge in [0.15, 0.2) is 0 Å². The number of amides is 1. The molecule has 1 aromatic heterocycles. The van der Waals surface area contributed by atoms with E-state index in [9.17, 15) is 19.6 Å². The first kappa shape index (κ1) is 28.8. The lowest BCUT2D eigenvalue weighted by atomic mass is 9.21. The van der Waals surface area contributed by atoms with Gasteiger partial charge in [0.05, 0.1) is 46.2 Å². The van der Waals surface area contributed by atoms with E-state index in [2.05, 4.69) is 5.32 Å². The minimum atomic E-state index is -2.41. The molecule has 38 heavy (non-hydrogen) atoms. The number of nitrogens with one attached hydrogen (secondary N) is 1. The van der Waals surface area contributed by atoms with Crippen molar-refractivity contribution in [2.45, 2.75) is 16.4 Å². The van der Waals surface area contributed by atoms with Crippen LogP contribution in [-0.4, -0.2) is 67.9 Å². The third-order valence-electron chi connectivity index (χ3n) is 5.78. The zero-order valence-electron chi connectivity index (χ0n) is 20.0. The number of benzene rings is 2. The van der Waals surface area contributed by atoms with Gasteiger partial charge >= 0.3 is 5.97 Å². The predicted molar refractivity (Wildman–Crippen MR) is 148 cm³/mol. The maximum absolute atomic E-state index is 13.5. The fourth-order valence-corrected chi connectivity index (χ4v) is 3.83. The molecule has 3 rings (SSSR count). The average Bonchev–Trinajstić information content (AvgIpc) is 2.84. The molecule has 0 saturated carbocycles. The summed E-state index contributed by atoms with van der Waals surface area (Å²) in [6, 6.07) is 11.0. The Morgan fingerprint density at radius 3 is 2.24 bits per heavy atom. The summed E-state index contributed by atoms with van der Waals surface area (Å²) in [6.07, 6.45) is 1.15. The van der Waals surface area contributed by atoms with E-state index in [4.69, 9.17) is 60.7 Å². The van der Waals surface area contributed by atoms with Gasteiger partial charge in [0, 0.05) is 51.4 Å². The molecule has 3 aromatic rings. The molecule has 1 atom stereocenters.